The first kappa shape index (κ1) is 45.6. The van der Waals surface area contributed by atoms with Crippen LogP contribution in [0.5, 0.6) is 0 Å². The Morgan fingerprint density at radius 2 is 1.67 bits per heavy atom. The van der Waals surface area contributed by atoms with Gasteiger partial charge in [-0.2, -0.15) is 15.8 Å². The van der Waals surface area contributed by atoms with Crippen LogP contribution in [0.15, 0.2) is 123 Å². The Bertz CT molecular complexity index is 2500. The van der Waals surface area contributed by atoms with Gasteiger partial charge in [-0.15, -0.1) is 5.54 Å². The van der Waals surface area contributed by atoms with Gasteiger partial charge < -0.3 is 15.0 Å². The highest BCUT2D eigenvalue weighted by molar-refractivity contribution is 6.83. The number of para-hydroxylation sites is 1. The van der Waals surface area contributed by atoms with Crippen LogP contribution in [-0.4, -0.2) is 26.1 Å². The van der Waals surface area contributed by atoms with Crippen molar-refractivity contribution in [1.82, 2.24) is 0 Å². The van der Waals surface area contributed by atoms with Gasteiger partial charge in [0.2, 0.25) is 5.91 Å². The molecule has 0 saturated carbocycles. The summed E-state index contributed by atoms with van der Waals surface area (Å²) in [5, 5.41) is 36.1. The molecule has 0 bridgehead atoms. The minimum absolute atomic E-state index is 0.0170. The van der Waals surface area contributed by atoms with Crippen LogP contribution in [0, 0.1) is 56.8 Å². The fourth-order valence-corrected chi connectivity index (χ4v) is 8.51. The van der Waals surface area contributed by atoms with E-state index in [0.717, 1.165) is 42.5 Å². The van der Waals surface area contributed by atoms with Crippen LogP contribution in [0.1, 0.15) is 86.1 Å². The van der Waals surface area contributed by atoms with Crippen molar-refractivity contribution in [3.05, 3.63) is 134 Å². The van der Waals surface area contributed by atoms with Crippen molar-refractivity contribution in [2.45, 2.75) is 111 Å². The molecule has 2 aromatic rings. The number of anilines is 2. The number of carbonyl (C=O) groups is 1. The molecule has 5 rings (SSSR count). The highest BCUT2D eigenvalue weighted by Gasteiger charge is 2.41. The second-order valence-electron chi connectivity index (χ2n) is 18.9. The molecule has 312 valence electrons. The maximum atomic E-state index is 12.9. The number of benzene rings is 2. The summed E-state index contributed by atoms with van der Waals surface area (Å²) < 4.78 is 6.09. The number of nitrogens with zero attached hydrogens (tertiary/aromatic N) is 7. The van der Waals surface area contributed by atoms with Crippen molar-refractivity contribution >= 4 is 31.0 Å². The lowest BCUT2D eigenvalue weighted by molar-refractivity contribution is -0.116. The first-order chi connectivity index (χ1) is 28.7. The number of allylic oxidation sites excluding steroid dienone is 9. The standard InChI is InChI=1S/C50H56N8O2Si/c1-48(2,3)37-29-34(18-24-42-41(33-53)47(36(31-51)32-52)60-50(42,6)7)40(26-28-61(8,9)10)35(30-37)19-25-45-49(4,5)43-15-11-12-16-44(43)58(45)27-14-13-17-46(59)55-38-20-22-39(23-21-38)56-57-54/h11-12,15-16,18-25,37H,13-14,17,27,29-30H2,1-10H3,(H,55,59). The van der Waals surface area contributed by atoms with Crippen molar-refractivity contribution < 1.29 is 9.53 Å². The molecule has 0 spiro atoms. The average molecular weight is 829 g/mol. The number of fused-ring (bicyclic) bond motifs is 1. The van der Waals surface area contributed by atoms with Gasteiger partial charge in [-0.1, -0.05) is 114 Å². The lowest BCUT2D eigenvalue weighted by Gasteiger charge is -2.36. The van der Waals surface area contributed by atoms with Gasteiger partial charge in [0, 0.05) is 57.2 Å². The molecule has 2 aliphatic heterocycles. The third kappa shape index (κ3) is 10.6. The van der Waals surface area contributed by atoms with Crippen LogP contribution in [0.25, 0.3) is 10.4 Å². The zero-order chi connectivity index (χ0) is 44.8. The van der Waals surface area contributed by atoms with Gasteiger partial charge in [-0.05, 0) is 97.4 Å². The fourth-order valence-electron chi connectivity index (χ4n) is 8.01. The van der Waals surface area contributed by atoms with Crippen LogP contribution in [0.4, 0.5) is 17.1 Å². The number of nitrogens with one attached hydrogen (secondary N) is 1. The Morgan fingerprint density at radius 3 is 2.30 bits per heavy atom. The van der Waals surface area contributed by atoms with Crippen molar-refractivity contribution in [2.75, 3.05) is 16.8 Å². The van der Waals surface area contributed by atoms with Crippen LogP contribution in [-0.2, 0) is 14.9 Å². The number of nitriles is 3. The molecular weight excluding hydrogens is 773 g/mol. The summed E-state index contributed by atoms with van der Waals surface area (Å²) in [7, 11) is -1.81. The van der Waals surface area contributed by atoms with Crippen LogP contribution >= 0.6 is 0 Å². The zero-order valence-corrected chi connectivity index (χ0v) is 38.2. The van der Waals surface area contributed by atoms with Crippen molar-refractivity contribution in [2.24, 2.45) is 16.4 Å². The van der Waals surface area contributed by atoms with Crippen LogP contribution in [0.3, 0.4) is 0 Å². The van der Waals surface area contributed by atoms with Gasteiger partial charge in [0.1, 0.15) is 37.5 Å². The largest absolute Gasteiger partial charge is 0.480 e. The van der Waals surface area contributed by atoms with Gasteiger partial charge in [0.25, 0.3) is 0 Å². The molecule has 1 unspecified atom stereocenters. The number of rotatable bonds is 10. The van der Waals surface area contributed by atoms with E-state index in [1.165, 1.54) is 16.9 Å². The van der Waals surface area contributed by atoms with Gasteiger partial charge in [-0.25, -0.2) is 0 Å². The molecule has 1 aliphatic carbocycles. The predicted molar refractivity (Wildman–Crippen MR) is 246 cm³/mol. The third-order valence-corrected chi connectivity index (χ3v) is 12.3. The molecule has 0 aromatic heterocycles. The molecule has 11 heteroatoms. The number of carbonyl (C=O) groups excluding carboxylic acids is 1. The second kappa shape index (κ2) is 18.4. The summed E-state index contributed by atoms with van der Waals surface area (Å²) in [5.41, 5.74) is 19.7. The van der Waals surface area contributed by atoms with Gasteiger partial charge in [-0.3, -0.25) is 4.79 Å². The molecule has 0 radical (unpaired) electrons. The molecule has 0 fully saturated rings. The molecule has 1 N–H and O–H groups in total. The summed E-state index contributed by atoms with van der Waals surface area (Å²) in [6, 6.07) is 21.3. The average Bonchev–Trinajstić information content (AvgIpc) is 3.58. The highest BCUT2D eigenvalue weighted by atomic mass is 28.3. The van der Waals surface area contributed by atoms with E-state index in [0.29, 0.717) is 35.7 Å². The summed E-state index contributed by atoms with van der Waals surface area (Å²) in [6.45, 7) is 22.5. The number of ether oxygens (including phenoxy) is 1. The summed E-state index contributed by atoms with van der Waals surface area (Å²) in [5.74, 6) is 3.92. The quantitative estimate of drug-likeness (QED) is 0.0477. The Hall–Kier alpha value is -6.49. The van der Waals surface area contributed by atoms with Crippen molar-refractivity contribution in [3.8, 4) is 29.7 Å². The fraction of sp³-hybridized carbons (Fsp3) is 0.400. The Kier molecular flexibility index (Phi) is 13.8. The molecule has 2 heterocycles. The Labute approximate surface area is 362 Å². The minimum Gasteiger partial charge on any atom is -0.480 e. The molecule has 2 aromatic carbocycles. The lowest BCUT2D eigenvalue weighted by atomic mass is 9.68. The third-order valence-electron chi connectivity index (χ3n) is 11.5. The number of hydrogen-bond donors (Lipinski definition) is 1. The maximum absolute atomic E-state index is 12.9. The van der Waals surface area contributed by atoms with E-state index in [4.69, 9.17) is 10.3 Å². The first-order valence-electron chi connectivity index (χ1n) is 20.8. The molecule has 3 aliphatic rings. The first-order valence-corrected chi connectivity index (χ1v) is 24.3. The summed E-state index contributed by atoms with van der Waals surface area (Å²) in [4.78, 5) is 18.1. The highest BCUT2D eigenvalue weighted by Crippen LogP contribution is 2.49. The van der Waals surface area contributed by atoms with Gasteiger partial charge in [0.05, 0.1) is 0 Å². The topological polar surface area (TPSA) is 162 Å². The zero-order valence-electron chi connectivity index (χ0n) is 37.2. The number of amides is 1. The summed E-state index contributed by atoms with van der Waals surface area (Å²) >= 11 is 0. The van der Waals surface area contributed by atoms with E-state index < -0.39 is 13.7 Å². The van der Waals surface area contributed by atoms with E-state index >= 15 is 0 Å². The van der Waals surface area contributed by atoms with E-state index in [-0.39, 0.29) is 33.6 Å². The molecule has 10 nitrogen and oxygen atoms in total. The van der Waals surface area contributed by atoms with Crippen LogP contribution in [0.2, 0.25) is 19.6 Å². The Balaban J connectivity index is 1.54. The number of hydrogen-bond acceptors (Lipinski definition) is 7. The summed E-state index contributed by atoms with van der Waals surface area (Å²) in [6.07, 6.45) is 12.1. The van der Waals surface area contributed by atoms with Crippen molar-refractivity contribution in [3.63, 3.8) is 0 Å². The second-order valence-corrected chi connectivity index (χ2v) is 23.7. The molecule has 1 atom stereocenters. The molecule has 0 saturated heterocycles. The Morgan fingerprint density at radius 1 is 0.984 bits per heavy atom. The van der Waals surface area contributed by atoms with Crippen LogP contribution < -0.4 is 10.2 Å². The molecule has 61 heavy (non-hydrogen) atoms. The van der Waals surface area contributed by atoms with Crippen molar-refractivity contribution in [1.29, 1.82) is 15.8 Å². The molecular formula is C50H56N8O2Si. The predicted octanol–water partition coefficient (Wildman–Crippen LogP) is 12.5. The van der Waals surface area contributed by atoms with E-state index in [1.807, 2.05) is 32.1 Å². The molecule has 1 amide bonds. The number of unbranched alkanes of at least 4 members (excludes halogenated alkanes) is 1. The monoisotopic (exact) mass is 828 g/mol. The van der Waals surface area contributed by atoms with E-state index in [2.05, 4.69) is 135 Å². The van der Waals surface area contributed by atoms with Gasteiger partial charge in [0.15, 0.2) is 11.3 Å². The number of azide groups is 1. The lowest BCUT2D eigenvalue weighted by Crippen LogP contribution is -2.27. The minimum atomic E-state index is -1.81. The SMILES string of the molecule is CC1(C)OC(=C(C#N)C#N)C(C#N)=C1C=CC1=C(C#C[Si](C)(C)C)C(=CC=C2N(CCCCC(=O)Nc3ccc(N=[N+]=[N-])cc3)c3ccccc3C2(C)C)CC(C(C)(C)C)C1. The maximum Gasteiger partial charge on any atom is 0.224 e. The normalized spacial score (nSPS) is 19.4. The smallest absolute Gasteiger partial charge is 0.224 e. The van der Waals surface area contributed by atoms with E-state index in [9.17, 15) is 20.6 Å². The van der Waals surface area contributed by atoms with Gasteiger partial charge >= 0.3 is 0 Å². The van der Waals surface area contributed by atoms with E-state index in [1.54, 1.807) is 24.3 Å².